The number of hydrogen-bond acceptors (Lipinski definition) is 10. The molecule has 148 valence electrons. The lowest BCUT2D eigenvalue weighted by atomic mass is 10.1. The molecule has 1 aliphatic heterocycles. The van der Waals surface area contributed by atoms with Gasteiger partial charge in [-0.3, -0.25) is 19.4 Å². The van der Waals surface area contributed by atoms with Crippen molar-refractivity contribution in [1.82, 2.24) is 4.90 Å². The summed E-state index contributed by atoms with van der Waals surface area (Å²) in [5.74, 6) is -1.61. The number of ether oxygens (including phenoxy) is 4. The molecule has 1 rings (SSSR count). The predicted octanol–water partition coefficient (Wildman–Crippen LogP) is 0.808. The van der Waals surface area contributed by atoms with Gasteiger partial charge in [-0.05, 0) is 6.92 Å². The van der Waals surface area contributed by atoms with Gasteiger partial charge in [-0.1, -0.05) is 11.8 Å². The Morgan fingerprint density at radius 3 is 2.27 bits per heavy atom. The number of carbonyl (C=O) groups excluding carboxylic acids is 3. The highest BCUT2D eigenvalue weighted by Gasteiger charge is 2.38. The SMILES string of the molecule is CC(=O)OC[C@H]1OC(C)S/C(N(C)C)=N\C[C@@H](OC(C)=O)[C@@H]1OC(C)=O. The Morgan fingerprint density at radius 2 is 1.77 bits per heavy atom. The van der Waals surface area contributed by atoms with Gasteiger partial charge in [-0.15, -0.1) is 0 Å². The van der Waals surface area contributed by atoms with Crippen LogP contribution in [0.3, 0.4) is 0 Å². The first-order chi connectivity index (χ1) is 12.1. The summed E-state index contributed by atoms with van der Waals surface area (Å²) in [6.07, 6.45) is -2.66. The Bertz CT molecular complexity index is 553. The number of esters is 3. The molecule has 0 bridgehead atoms. The monoisotopic (exact) mass is 390 g/mol. The van der Waals surface area contributed by atoms with Crippen molar-refractivity contribution in [2.45, 2.75) is 51.4 Å². The van der Waals surface area contributed by atoms with Crippen LogP contribution in [0.15, 0.2) is 4.99 Å². The summed E-state index contributed by atoms with van der Waals surface area (Å²) in [5.41, 5.74) is -0.370. The maximum absolute atomic E-state index is 11.6. The van der Waals surface area contributed by atoms with E-state index < -0.39 is 36.2 Å². The predicted molar refractivity (Wildman–Crippen MR) is 95.7 cm³/mol. The third-order valence-electron chi connectivity index (χ3n) is 3.23. The van der Waals surface area contributed by atoms with E-state index >= 15 is 0 Å². The zero-order valence-corrected chi connectivity index (χ0v) is 16.7. The maximum atomic E-state index is 11.6. The van der Waals surface area contributed by atoms with E-state index in [0.717, 1.165) is 0 Å². The quantitative estimate of drug-likeness (QED) is 0.509. The molecule has 0 saturated heterocycles. The molecule has 0 spiro atoms. The fourth-order valence-corrected chi connectivity index (χ4v) is 3.14. The van der Waals surface area contributed by atoms with Crippen molar-refractivity contribution >= 4 is 34.8 Å². The normalized spacial score (nSPS) is 28.5. The van der Waals surface area contributed by atoms with E-state index in [-0.39, 0.29) is 18.6 Å². The number of hydrogen-bond donors (Lipinski definition) is 0. The van der Waals surface area contributed by atoms with Crippen LogP contribution in [0.4, 0.5) is 0 Å². The zero-order chi connectivity index (χ0) is 19.9. The minimum atomic E-state index is -0.968. The van der Waals surface area contributed by atoms with Crippen LogP contribution in [0.25, 0.3) is 0 Å². The van der Waals surface area contributed by atoms with Crippen molar-refractivity contribution in [2.75, 3.05) is 27.2 Å². The second-order valence-electron chi connectivity index (χ2n) is 5.90. The van der Waals surface area contributed by atoms with Crippen molar-refractivity contribution in [2.24, 2.45) is 4.99 Å². The van der Waals surface area contributed by atoms with Crippen molar-refractivity contribution < 1.29 is 33.3 Å². The van der Waals surface area contributed by atoms with Crippen molar-refractivity contribution in [1.29, 1.82) is 0 Å². The second kappa shape index (κ2) is 10.4. The van der Waals surface area contributed by atoms with E-state index in [1.54, 1.807) is 6.92 Å². The standard InChI is InChI=1S/C16H26N2O7S/c1-9(19)22-8-14-15(24-11(3)21)13(23-10(2)20)7-17-16(18(5)6)26-12(4)25-14/h12-15H,7-8H2,1-6H3/b17-16-/t12?,13-,14-,15+/m1/s1. The number of thioether (sulfide) groups is 1. The van der Waals surface area contributed by atoms with Gasteiger partial charge in [0.05, 0.1) is 6.54 Å². The van der Waals surface area contributed by atoms with Crippen molar-refractivity contribution in [3.8, 4) is 0 Å². The minimum Gasteiger partial charge on any atom is -0.463 e. The van der Waals surface area contributed by atoms with Crippen LogP contribution in [-0.4, -0.2) is 79.0 Å². The Morgan fingerprint density at radius 1 is 1.15 bits per heavy atom. The lowest BCUT2D eigenvalue weighted by Crippen LogP contribution is -2.48. The third-order valence-corrected chi connectivity index (χ3v) is 4.38. The lowest BCUT2D eigenvalue weighted by Gasteiger charge is -2.31. The number of rotatable bonds is 4. The molecule has 0 aromatic rings. The molecular weight excluding hydrogens is 364 g/mol. The molecule has 26 heavy (non-hydrogen) atoms. The first-order valence-electron chi connectivity index (χ1n) is 8.11. The summed E-state index contributed by atoms with van der Waals surface area (Å²) in [4.78, 5) is 40.6. The molecule has 4 atom stereocenters. The Kier molecular flexibility index (Phi) is 8.86. The number of amidine groups is 1. The number of aliphatic imine (C=N–C) groups is 1. The molecule has 9 nitrogen and oxygen atoms in total. The second-order valence-corrected chi connectivity index (χ2v) is 7.17. The third kappa shape index (κ3) is 7.61. The highest BCUT2D eigenvalue weighted by molar-refractivity contribution is 8.14. The van der Waals surface area contributed by atoms with E-state index in [4.69, 9.17) is 18.9 Å². The molecule has 0 radical (unpaired) electrons. The first kappa shape index (κ1) is 22.2. The van der Waals surface area contributed by atoms with E-state index in [2.05, 4.69) is 4.99 Å². The van der Waals surface area contributed by atoms with Gasteiger partial charge in [0.1, 0.15) is 18.1 Å². The van der Waals surface area contributed by atoms with E-state index in [1.807, 2.05) is 19.0 Å². The molecule has 0 aromatic heterocycles. The Labute approximate surface area is 157 Å². The highest BCUT2D eigenvalue weighted by Crippen LogP contribution is 2.24. The average molecular weight is 390 g/mol. The Balaban J connectivity index is 3.22. The van der Waals surface area contributed by atoms with Crippen LogP contribution in [0.2, 0.25) is 0 Å². The van der Waals surface area contributed by atoms with Crippen LogP contribution in [0.1, 0.15) is 27.7 Å². The average Bonchev–Trinajstić information content (AvgIpc) is 2.55. The largest absolute Gasteiger partial charge is 0.463 e. The van der Waals surface area contributed by atoms with Crippen molar-refractivity contribution in [3.05, 3.63) is 0 Å². The lowest BCUT2D eigenvalue weighted by molar-refractivity contribution is -0.184. The summed E-state index contributed by atoms with van der Waals surface area (Å²) in [6, 6.07) is 0. The molecule has 0 saturated carbocycles. The summed E-state index contributed by atoms with van der Waals surface area (Å²) >= 11 is 1.35. The molecule has 0 N–H and O–H groups in total. The van der Waals surface area contributed by atoms with Crippen LogP contribution in [0.5, 0.6) is 0 Å². The highest BCUT2D eigenvalue weighted by atomic mass is 32.2. The van der Waals surface area contributed by atoms with Gasteiger partial charge >= 0.3 is 17.9 Å². The summed E-state index contributed by atoms with van der Waals surface area (Å²) < 4.78 is 21.7. The molecule has 10 heteroatoms. The van der Waals surface area contributed by atoms with Crippen LogP contribution in [0, 0.1) is 0 Å². The molecule has 0 fully saturated rings. The number of carbonyl (C=O) groups is 3. The van der Waals surface area contributed by atoms with Crippen LogP contribution < -0.4 is 0 Å². The maximum Gasteiger partial charge on any atom is 0.303 e. The Hall–Kier alpha value is -1.81. The fraction of sp³-hybridized carbons (Fsp3) is 0.750. The van der Waals surface area contributed by atoms with E-state index in [9.17, 15) is 14.4 Å². The van der Waals surface area contributed by atoms with Gasteiger partial charge in [0.25, 0.3) is 0 Å². The molecule has 0 aliphatic carbocycles. The number of nitrogens with zero attached hydrogens (tertiary/aromatic N) is 2. The molecule has 1 unspecified atom stereocenters. The molecule has 1 heterocycles. The molecular formula is C16H26N2O7S. The topological polar surface area (TPSA) is 104 Å². The van der Waals surface area contributed by atoms with Crippen molar-refractivity contribution in [3.63, 3.8) is 0 Å². The van der Waals surface area contributed by atoms with Gasteiger partial charge < -0.3 is 23.8 Å². The zero-order valence-electron chi connectivity index (χ0n) is 15.9. The van der Waals surface area contributed by atoms with Gasteiger partial charge in [0, 0.05) is 34.9 Å². The molecule has 0 amide bonds. The summed E-state index contributed by atoms with van der Waals surface area (Å²) in [5, 5.41) is 0.671. The minimum absolute atomic E-state index is 0.0741. The van der Waals surface area contributed by atoms with E-state index in [1.165, 1.54) is 32.5 Å². The van der Waals surface area contributed by atoms with Crippen LogP contribution >= 0.6 is 11.8 Å². The van der Waals surface area contributed by atoms with Gasteiger partial charge in [-0.25, -0.2) is 0 Å². The first-order valence-corrected chi connectivity index (χ1v) is 8.99. The summed E-state index contributed by atoms with van der Waals surface area (Å²) in [6.45, 7) is 5.50. The van der Waals surface area contributed by atoms with E-state index in [0.29, 0.717) is 5.17 Å². The van der Waals surface area contributed by atoms with Gasteiger partial charge in [0.2, 0.25) is 0 Å². The fourth-order valence-electron chi connectivity index (χ4n) is 2.29. The summed E-state index contributed by atoms with van der Waals surface area (Å²) in [7, 11) is 3.66. The van der Waals surface area contributed by atoms with Crippen LogP contribution in [-0.2, 0) is 33.3 Å². The smallest absolute Gasteiger partial charge is 0.303 e. The molecule has 1 aliphatic rings. The molecule has 0 aromatic carbocycles. The van der Waals surface area contributed by atoms with Gasteiger partial charge in [0.15, 0.2) is 17.4 Å². The van der Waals surface area contributed by atoms with Gasteiger partial charge in [-0.2, -0.15) is 0 Å².